The maximum absolute atomic E-state index is 13.7. The lowest BCUT2D eigenvalue weighted by molar-refractivity contribution is 0.0714. The summed E-state index contributed by atoms with van der Waals surface area (Å²) in [6.45, 7) is 3.15. The lowest BCUT2D eigenvalue weighted by Gasteiger charge is -2.25. The fraction of sp³-hybridized carbons (Fsp3) is 0.241. The SMILES string of the molecule is CCCCOc1cccc([C@H]2c3c(oc4ccccc4c3=O)C(=O)N2Cc2ccc3c(c2)OCO3)c1. The third-order valence-electron chi connectivity index (χ3n) is 6.60. The molecular weight excluding hydrogens is 458 g/mol. The average molecular weight is 484 g/mol. The van der Waals surface area contributed by atoms with Crippen molar-refractivity contribution in [2.45, 2.75) is 32.4 Å². The monoisotopic (exact) mass is 483 g/mol. The van der Waals surface area contributed by atoms with Crippen LogP contribution in [0.2, 0.25) is 0 Å². The first-order chi connectivity index (χ1) is 17.6. The lowest BCUT2D eigenvalue weighted by Crippen LogP contribution is -2.29. The average Bonchev–Trinajstić information content (AvgIpc) is 3.47. The molecule has 0 radical (unpaired) electrons. The molecule has 7 nitrogen and oxygen atoms in total. The number of hydrogen-bond donors (Lipinski definition) is 0. The van der Waals surface area contributed by atoms with E-state index in [2.05, 4.69) is 6.92 Å². The van der Waals surface area contributed by atoms with Crippen molar-refractivity contribution in [3.8, 4) is 17.2 Å². The minimum absolute atomic E-state index is 0.0850. The van der Waals surface area contributed by atoms with Gasteiger partial charge in [0.15, 0.2) is 16.9 Å². The Hall–Kier alpha value is -4.26. The largest absolute Gasteiger partial charge is 0.494 e. The molecule has 1 aromatic heterocycles. The predicted octanol–water partition coefficient (Wildman–Crippen LogP) is 5.45. The molecule has 0 unspecified atom stereocenters. The van der Waals surface area contributed by atoms with E-state index in [1.54, 1.807) is 29.2 Å². The maximum atomic E-state index is 13.7. The zero-order chi connectivity index (χ0) is 24.6. The van der Waals surface area contributed by atoms with Crippen molar-refractivity contribution in [2.24, 2.45) is 0 Å². The van der Waals surface area contributed by atoms with E-state index in [0.717, 1.165) is 24.0 Å². The summed E-state index contributed by atoms with van der Waals surface area (Å²) >= 11 is 0. The Kier molecular flexibility index (Phi) is 5.60. The number of amides is 1. The molecule has 0 spiro atoms. The van der Waals surface area contributed by atoms with Gasteiger partial charge in [-0.1, -0.05) is 43.7 Å². The number of benzene rings is 3. The van der Waals surface area contributed by atoms with E-state index in [0.29, 0.717) is 40.4 Å². The number of fused-ring (bicyclic) bond motifs is 3. The first kappa shape index (κ1) is 22.2. The molecule has 3 heterocycles. The summed E-state index contributed by atoms with van der Waals surface area (Å²) in [6, 6.07) is 19.6. The molecule has 7 heteroatoms. The molecule has 36 heavy (non-hydrogen) atoms. The second-order valence-corrected chi connectivity index (χ2v) is 8.97. The van der Waals surface area contributed by atoms with Crippen LogP contribution in [-0.2, 0) is 6.54 Å². The van der Waals surface area contributed by atoms with Crippen LogP contribution in [0.5, 0.6) is 17.2 Å². The van der Waals surface area contributed by atoms with E-state index in [-0.39, 0.29) is 30.4 Å². The van der Waals surface area contributed by atoms with Gasteiger partial charge >= 0.3 is 0 Å². The highest BCUT2D eigenvalue weighted by atomic mass is 16.7. The molecule has 1 amide bonds. The van der Waals surface area contributed by atoms with Gasteiger partial charge in [0.1, 0.15) is 11.3 Å². The maximum Gasteiger partial charge on any atom is 0.291 e. The van der Waals surface area contributed by atoms with Gasteiger partial charge in [-0.25, -0.2) is 0 Å². The molecule has 0 saturated carbocycles. The first-order valence-corrected chi connectivity index (χ1v) is 12.1. The van der Waals surface area contributed by atoms with E-state index in [1.165, 1.54) is 0 Å². The molecule has 2 aliphatic rings. The van der Waals surface area contributed by atoms with Crippen molar-refractivity contribution in [1.82, 2.24) is 4.90 Å². The van der Waals surface area contributed by atoms with Crippen LogP contribution in [0.4, 0.5) is 0 Å². The van der Waals surface area contributed by atoms with Crippen LogP contribution in [0.1, 0.15) is 53.1 Å². The normalized spacial score (nSPS) is 16.0. The summed E-state index contributed by atoms with van der Waals surface area (Å²) in [5, 5.41) is 0.453. The van der Waals surface area contributed by atoms with Crippen molar-refractivity contribution in [2.75, 3.05) is 13.4 Å². The summed E-state index contributed by atoms with van der Waals surface area (Å²) in [7, 11) is 0. The van der Waals surface area contributed by atoms with Crippen molar-refractivity contribution in [3.63, 3.8) is 0 Å². The van der Waals surface area contributed by atoms with E-state index in [4.69, 9.17) is 18.6 Å². The molecule has 0 saturated heterocycles. The third-order valence-corrected chi connectivity index (χ3v) is 6.60. The zero-order valence-electron chi connectivity index (χ0n) is 19.9. The van der Waals surface area contributed by atoms with E-state index < -0.39 is 6.04 Å². The Morgan fingerprint density at radius 1 is 0.972 bits per heavy atom. The Balaban J connectivity index is 1.46. The number of ether oxygens (including phenoxy) is 3. The number of para-hydroxylation sites is 1. The highest BCUT2D eigenvalue weighted by Crippen LogP contribution is 2.41. The van der Waals surface area contributed by atoms with E-state index >= 15 is 0 Å². The van der Waals surface area contributed by atoms with Crippen molar-refractivity contribution in [3.05, 3.63) is 99.4 Å². The predicted molar refractivity (Wildman–Crippen MR) is 134 cm³/mol. The van der Waals surface area contributed by atoms with Gasteiger partial charge < -0.3 is 23.5 Å². The molecular formula is C29H25NO6. The molecule has 0 N–H and O–H groups in total. The second kappa shape index (κ2) is 9.07. The number of rotatable bonds is 7. The zero-order valence-corrected chi connectivity index (χ0v) is 19.9. The van der Waals surface area contributed by atoms with Crippen LogP contribution < -0.4 is 19.6 Å². The van der Waals surface area contributed by atoms with Crippen molar-refractivity contribution >= 4 is 16.9 Å². The van der Waals surface area contributed by atoms with Gasteiger partial charge in [-0.05, 0) is 53.9 Å². The Morgan fingerprint density at radius 2 is 1.83 bits per heavy atom. The van der Waals surface area contributed by atoms with Crippen LogP contribution in [-0.4, -0.2) is 24.2 Å². The number of carbonyl (C=O) groups excluding carboxylic acids is 1. The van der Waals surface area contributed by atoms with Crippen molar-refractivity contribution in [1.29, 1.82) is 0 Å². The fourth-order valence-electron chi connectivity index (χ4n) is 4.82. The molecule has 3 aromatic carbocycles. The fourth-order valence-corrected chi connectivity index (χ4v) is 4.82. The highest BCUT2D eigenvalue weighted by molar-refractivity contribution is 5.99. The molecule has 1 atom stereocenters. The van der Waals surface area contributed by atoms with E-state index in [9.17, 15) is 9.59 Å². The second-order valence-electron chi connectivity index (χ2n) is 8.97. The van der Waals surface area contributed by atoms with Gasteiger partial charge in [-0.2, -0.15) is 0 Å². The number of unbranched alkanes of at least 4 members (excludes halogenated alkanes) is 1. The van der Waals surface area contributed by atoms with Gasteiger partial charge in [-0.15, -0.1) is 0 Å². The van der Waals surface area contributed by atoms with Gasteiger partial charge in [0.05, 0.1) is 23.6 Å². The van der Waals surface area contributed by atoms with Gasteiger partial charge in [0, 0.05) is 6.54 Å². The van der Waals surface area contributed by atoms with Crippen LogP contribution in [0, 0.1) is 0 Å². The Labute approximate surface area is 207 Å². The summed E-state index contributed by atoms with van der Waals surface area (Å²) in [6.07, 6.45) is 1.97. The van der Waals surface area contributed by atoms with E-state index in [1.807, 2.05) is 42.5 Å². The first-order valence-electron chi connectivity index (χ1n) is 12.1. The third kappa shape index (κ3) is 3.77. The molecule has 2 aliphatic heterocycles. The van der Waals surface area contributed by atoms with Gasteiger partial charge in [0.2, 0.25) is 12.6 Å². The number of nitrogens with zero attached hydrogens (tertiary/aromatic N) is 1. The number of carbonyl (C=O) groups is 1. The summed E-state index contributed by atoms with van der Waals surface area (Å²) in [5.74, 6) is 1.77. The quantitative estimate of drug-likeness (QED) is 0.326. The smallest absolute Gasteiger partial charge is 0.291 e. The summed E-state index contributed by atoms with van der Waals surface area (Å²) < 4.78 is 22.9. The Morgan fingerprint density at radius 3 is 2.72 bits per heavy atom. The number of hydrogen-bond acceptors (Lipinski definition) is 6. The summed E-state index contributed by atoms with van der Waals surface area (Å²) in [4.78, 5) is 29.1. The standard InChI is InChI=1S/C29H25NO6/c1-2-3-13-33-20-8-6-7-19(15-20)26-25-27(31)21-9-4-5-10-22(21)36-28(25)29(32)30(26)16-18-11-12-23-24(14-18)35-17-34-23/h4-12,14-15,26H,2-3,13,16-17H2,1H3/t26-/m0/s1. The Bertz CT molecular complexity index is 1520. The summed E-state index contributed by atoms with van der Waals surface area (Å²) in [5.41, 5.74) is 2.20. The lowest BCUT2D eigenvalue weighted by atomic mass is 9.98. The molecule has 182 valence electrons. The van der Waals surface area contributed by atoms with Gasteiger partial charge in [-0.3, -0.25) is 9.59 Å². The van der Waals surface area contributed by atoms with Crippen LogP contribution in [0.15, 0.2) is 75.9 Å². The highest BCUT2D eigenvalue weighted by Gasteiger charge is 2.43. The van der Waals surface area contributed by atoms with Crippen LogP contribution in [0.25, 0.3) is 11.0 Å². The minimum Gasteiger partial charge on any atom is -0.494 e. The van der Waals surface area contributed by atoms with Gasteiger partial charge in [0.25, 0.3) is 5.91 Å². The molecule has 0 aliphatic carbocycles. The molecule has 4 aromatic rings. The van der Waals surface area contributed by atoms with Crippen molar-refractivity contribution < 1.29 is 23.4 Å². The molecule has 6 rings (SSSR count). The van der Waals surface area contributed by atoms with Crippen LogP contribution >= 0.6 is 0 Å². The molecule has 0 bridgehead atoms. The topological polar surface area (TPSA) is 78.2 Å². The minimum atomic E-state index is -0.617. The molecule has 0 fully saturated rings. The van der Waals surface area contributed by atoms with Crippen LogP contribution in [0.3, 0.4) is 0 Å².